The molecule has 0 aliphatic heterocycles. The standard InChI is InChI=1S/C17H21N3O/c1-12-6-4-5-7-16(12)20(3)11-15-9-8-14(10-13(15)2)17(18)19-21/h4-10,21H,11H2,1-3H3,(H2,18,19). The fourth-order valence-electron chi connectivity index (χ4n) is 2.42. The van der Waals surface area contributed by atoms with Crippen LogP contribution in [0.3, 0.4) is 0 Å². The Labute approximate surface area is 125 Å². The van der Waals surface area contributed by atoms with Crippen molar-refractivity contribution in [3.8, 4) is 0 Å². The minimum Gasteiger partial charge on any atom is -0.409 e. The van der Waals surface area contributed by atoms with Gasteiger partial charge in [0.15, 0.2) is 5.84 Å². The molecule has 110 valence electrons. The van der Waals surface area contributed by atoms with Gasteiger partial charge >= 0.3 is 0 Å². The van der Waals surface area contributed by atoms with Gasteiger partial charge in [0.25, 0.3) is 0 Å². The van der Waals surface area contributed by atoms with Crippen LogP contribution in [0.25, 0.3) is 0 Å². The number of nitrogens with two attached hydrogens (primary N) is 1. The number of anilines is 1. The van der Waals surface area contributed by atoms with Gasteiger partial charge in [0, 0.05) is 24.8 Å². The van der Waals surface area contributed by atoms with Gasteiger partial charge in [-0.2, -0.15) is 0 Å². The maximum atomic E-state index is 8.73. The summed E-state index contributed by atoms with van der Waals surface area (Å²) in [6.07, 6.45) is 0. The second kappa shape index (κ2) is 6.31. The van der Waals surface area contributed by atoms with E-state index in [-0.39, 0.29) is 5.84 Å². The highest BCUT2D eigenvalue weighted by molar-refractivity contribution is 5.97. The third-order valence-corrected chi connectivity index (χ3v) is 3.68. The van der Waals surface area contributed by atoms with Crippen molar-refractivity contribution in [1.82, 2.24) is 0 Å². The number of nitrogens with zero attached hydrogens (tertiary/aromatic N) is 2. The molecule has 0 amide bonds. The summed E-state index contributed by atoms with van der Waals surface area (Å²) in [7, 11) is 2.08. The Morgan fingerprint density at radius 1 is 1.14 bits per heavy atom. The molecule has 2 aromatic carbocycles. The Morgan fingerprint density at radius 3 is 2.48 bits per heavy atom. The molecule has 0 aliphatic carbocycles. The summed E-state index contributed by atoms with van der Waals surface area (Å²) in [4.78, 5) is 2.22. The third kappa shape index (κ3) is 3.34. The third-order valence-electron chi connectivity index (χ3n) is 3.68. The van der Waals surface area contributed by atoms with Gasteiger partial charge < -0.3 is 15.8 Å². The molecule has 0 unspecified atom stereocenters. The zero-order valence-electron chi connectivity index (χ0n) is 12.7. The number of amidine groups is 1. The van der Waals surface area contributed by atoms with E-state index in [9.17, 15) is 0 Å². The van der Waals surface area contributed by atoms with Crippen molar-refractivity contribution < 1.29 is 5.21 Å². The predicted molar refractivity (Wildman–Crippen MR) is 87.0 cm³/mol. The molecule has 0 fully saturated rings. The molecule has 0 atom stereocenters. The first-order chi connectivity index (χ1) is 10.0. The van der Waals surface area contributed by atoms with E-state index >= 15 is 0 Å². The van der Waals surface area contributed by atoms with Crippen molar-refractivity contribution >= 4 is 11.5 Å². The van der Waals surface area contributed by atoms with Crippen LogP contribution in [0.5, 0.6) is 0 Å². The van der Waals surface area contributed by atoms with E-state index < -0.39 is 0 Å². The molecule has 21 heavy (non-hydrogen) atoms. The first-order valence-corrected chi connectivity index (χ1v) is 6.87. The summed E-state index contributed by atoms with van der Waals surface area (Å²) in [6, 6.07) is 14.2. The number of para-hydroxylation sites is 1. The molecule has 0 aliphatic rings. The average Bonchev–Trinajstić information content (AvgIpc) is 2.48. The van der Waals surface area contributed by atoms with Gasteiger partial charge in [-0.05, 0) is 42.7 Å². The van der Waals surface area contributed by atoms with Gasteiger partial charge in [-0.15, -0.1) is 0 Å². The van der Waals surface area contributed by atoms with E-state index in [1.807, 2.05) is 37.3 Å². The van der Waals surface area contributed by atoms with Crippen molar-refractivity contribution in [2.75, 3.05) is 11.9 Å². The van der Waals surface area contributed by atoms with Gasteiger partial charge in [0.1, 0.15) is 0 Å². The van der Waals surface area contributed by atoms with E-state index in [1.165, 1.54) is 16.8 Å². The van der Waals surface area contributed by atoms with Crippen molar-refractivity contribution in [2.24, 2.45) is 10.9 Å². The van der Waals surface area contributed by atoms with E-state index in [1.54, 1.807) is 0 Å². The van der Waals surface area contributed by atoms with Crippen molar-refractivity contribution in [2.45, 2.75) is 20.4 Å². The molecule has 4 nitrogen and oxygen atoms in total. The van der Waals surface area contributed by atoms with Crippen LogP contribution in [0.2, 0.25) is 0 Å². The van der Waals surface area contributed by atoms with Gasteiger partial charge in [0.05, 0.1) is 0 Å². The summed E-state index contributed by atoms with van der Waals surface area (Å²) in [5, 5.41) is 11.8. The fraction of sp³-hybridized carbons (Fsp3) is 0.235. The average molecular weight is 283 g/mol. The highest BCUT2D eigenvalue weighted by Crippen LogP contribution is 2.21. The molecule has 0 bridgehead atoms. The number of rotatable bonds is 4. The molecule has 0 heterocycles. The minimum atomic E-state index is 0.136. The summed E-state index contributed by atoms with van der Waals surface area (Å²) in [5.41, 5.74) is 11.2. The van der Waals surface area contributed by atoms with Crippen molar-refractivity contribution in [1.29, 1.82) is 0 Å². The SMILES string of the molecule is Cc1cc(/C(N)=N/O)ccc1CN(C)c1ccccc1C. The van der Waals surface area contributed by atoms with E-state index in [0.29, 0.717) is 0 Å². The van der Waals surface area contributed by atoms with Crippen LogP contribution in [0.4, 0.5) is 5.69 Å². The quantitative estimate of drug-likeness (QED) is 0.392. The summed E-state index contributed by atoms with van der Waals surface area (Å²) in [5.74, 6) is 0.136. The Kier molecular flexibility index (Phi) is 4.48. The van der Waals surface area contributed by atoms with Gasteiger partial charge in [-0.1, -0.05) is 35.5 Å². The second-order valence-corrected chi connectivity index (χ2v) is 5.27. The monoisotopic (exact) mass is 283 g/mol. The molecular weight excluding hydrogens is 262 g/mol. The fourth-order valence-corrected chi connectivity index (χ4v) is 2.42. The number of oxime groups is 1. The summed E-state index contributed by atoms with van der Waals surface area (Å²) in [6.45, 7) is 4.96. The highest BCUT2D eigenvalue weighted by Gasteiger charge is 2.08. The minimum absolute atomic E-state index is 0.136. The molecule has 0 aromatic heterocycles. The molecule has 0 saturated heterocycles. The lowest BCUT2D eigenvalue weighted by atomic mass is 10.0. The molecule has 4 heteroatoms. The van der Waals surface area contributed by atoms with Gasteiger partial charge in [-0.3, -0.25) is 0 Å². The largest absolute Gasteiger partial charge is 0.409 e. The van der Waals surface area contributed by atoms with Gasteiger partial charge in [0.2, 0.25) is 0 Å². The Morgan fingerprint density at radius 2 is 1.86 bits per heavy atom. The maximum Gasteiger partial charge on any atom is 0.170 e. The molecule has 0 radical (unpaired) electrons. The zero-order valence-corrected chi connectivity index (χ0v) is 12.7. The van der Waals surface area contributed by atoms with Crippen LogP contribution >= 0.6 is 0 Å². The zero-order chi connectivity index (χ0) is 15.4. The molecule has 0 spiro atoms. The summed E-state index contributed by atoms with van der Waals surface area (Å²) < 4.78 is 0. The molecular formula is C17H21N3O. The van der Waals surface area contributed by atoms with Gasteiger partial charge in [-0.25, -0.2) is 0 Å². The van der Waals surface area contributed by atoms with Crippen molar-refractivity contribution in [3.63, 3.8) is 0 Å². The van der Waals surface area contributed by atoms with Crippen molar-refractivity contribution in [3.05, 3.63) is 64.7 Å². The normalized spacial score (nSPS) is 11.5. The smallest absolute Gasteiger partial charge is 0.170 e. The van der Waals surface area contributed by atoms with Crippen LogP contribution < -0.4 is 10.6 Å². The maximum absolute atomic E-state index is 8.73. The van der Waals surface area contributed by atoms with Crippen LogP contribution in [0, 0.1) is 13.8 Å². The molecule has 3 N–H and O–H groups in total. The predicted octanol–water partition coefficient (Wildman–Crippen LogP) is 3.03. The van der Waals surface area contributed by atoms with E-state index in [2.05, 4.69) is 36.2 Å². The lowest BCUT2D eigenvalue weighted by Gasteiger charge is -2.22. The Balaban J connectivity index is 2.22. The number of hydrogen-bond donors (Lipinski definition) is 2. The van der Waals surface area contributed by atoms with Crippen LogP contribution in [-0.2, 0) is 6.54 Å². The number of aryl methyl sites for hydroxylation is 2. The lowest BCUT2D eigenvalue weighted by molar-refractivity contribution is 0.318. The molecule has 0 saturated carbocycles. The van der Waals surface area contributed by atoms with Crippen LogP contribution in [0.1, 0.15) is 22.3 Å². The number of hydrogen-bond acceptors (Lipinski definition) is 3. The second-order valence-electron chi connectivity index (χ2n) is 5.27. The summed E-state index contributed by atoms with van der Waals surface area (Å²) >= 11 is 0. The first kappa shape index (κ1) is 14.9. The molecule has 2 aromatic rings. The lowest BCUT2D eigenvalue weighted by Crippen LogP contribution is -2.19. The van der Waals surface area contributed by atoms with Crippen LogP contribution in [-0.4, -0.2) is 18.1 Å². The van der Waals surface area contributed by atoms with Crippen LogP contribution in [0.15, 0.2) is 47.6 Å². The topological polar surface area (TPSA) is 61.9 Å². The highest BCUT2D eigenvalue weighted by atomic mass is 16.4. The number of benzene rings is 2. The first-order valence-electron chi connectivity index (χ1n) is 6.87. The van der Waals surface area contributed by atoms with E-state index in [4.69, 9.17) is 10.9 Å². The Bertz CT molecular complexity index is 665. The Hall–Kier alpha value is -2.49. The van der Waals surface area contributed by atoms with E-state index in [0.717, 1.165) is 17.7 Å². The molecule has 2 rings (SSSR count).